The molecule has 0 spiro atoms. The lowest BCUT2D eigenvalue weighted by atomic mass is 10.2. The maximum atomic E-state index is 13.4. The minimum atomic E-state index is -4.02. The summed E-state index contributed by atoms with van der Waals surface area (Å²) in [4.78, 5) is -0.0644. The topological polar surface area (TPSA) is 79.8 Å². The van der Waals surface area contributed by atoms with E-state index in [0.717, 1.165) is 12.1 Å². The number of ether oxygens (including phenoxy) is 1. The molecule has 6 nitrogen and oxygen atoms in total. The molecule has 0 saturated heterocycles. The molecule has 0 amide bonds. The van der Waals surface area contributed by atoms with Crippen molar-refractivity contribution < 1.29 is 21.9 Å². The average Bonchev–Trinajstić information content (AvgIpc) is 2.71. The number of halogens is 3. The summed E-state index contributed by atoms with van der Waals surface area (Å²) in [5.74, 6) is -1.47. The van der Waals surface area contributed by atoms with E-state index >= 15 is 0 Å². The van der Waals surface area contributed by atoms with E-state index in [9.17, 15) is 17.2 Å². The predicted octanol–water partition coefficient (Wildman–Crippen LogP) is 4.67. The third-order valence-corrected chi connectivity index (χ3v) is 5.85. The van der Waals surface area contributed by atoms with Gasteiger partial charge in [-0.1, -0.05) is 35.9 Å². The minimum absolute atomic E-state index is 0.0153. The van der Waals surface area contributed by atoms with Gasteiger partial charge >= 0.3 is 0 Å². The summed E-state index contributed by atoms with van der Waals surface area (Å²) in [5.41, 5.74) is 0.586. The first-order chi connectivity index (χ1) is 14.3. The van der Waals surface area contributed by atoms with Crippen molar-refractivity contribution in [1.82, 2.24) is 5.32 Å². The second kappa shape index (κ2) is 7.92. The van der Waals surface area contributed by atoms with Gasteiger partial charge in [-0.3, -0.25) is 0 Å². The van der Waals surface area contributed by atoms with Gasteiger partial charge in [0.05, 0.1) is 5.02 Å². The van der Waals surface area contributed by atoms with Gasteiger partial charge in [-0.05, 0) is 42.0 Å². The van der Waals surface area contributed by atoms with Gasteiger partial charge in [0.15, 0.2) is 17.4 Å². The van der Waals surface area contributed by atoms with Gasteiger partial charge in [0, 0.05) is 6.54 Å². The van der Waals surface area contributed by atoms with Crippen LogP contribution in [-0.2, 0) is 16.6 Å². The molecule has 4 rings (SSSR count). The second-order valence-electron chi connectivity index (χ2n) is 6.30. The van der Waals surface area contributed by atoms with Crippen LogP contribution in [0.15, 0.2) is 70.0 Å². The lowest BCUT2D eigenvalue weighted by Gasteiger charge is -2.22. The van der Waals surface area contributed by atoms with E-state index in [2.05, 4.69) is 15.0 Å². The monoisotopic (exact) mass is 449 g/mol. The molecule has 2 N–H and O–H groups in total. The Morgan fingerprint density at radius 1 is 1.00 bits per heavy atom. The first-order valence-corrected chi connectivity index (χ1v) is 10.5. The normalized spacial score (nSPS) is 14.3. The van der Waals surface area contributed by atoms with Gasteiger partial charge in [0.25, 0.3) is 10.0 Å². The van der Waals surface area contributed by atoms with Gasteiger partial charge in [0.2, 0.25) is 5.96 Å². The van der Waals surface area contributed by atoms with E-state index in [-0.39, 0.29) is 28.8 Å². The van der Waals surface area contributed by atoms with Crippen molar-refractivity contribution in [3.05, 3.63) is 82.9 Å². The molecule has 0 aliphatic carbocycles. The number of hydrogen-bond donors (Lipinski definition) is 2. The number of fused-ring (bicyclic) bond motifs is 1. The molecule has 30 heavy (non-hydrogen) atoms. The fourth-order valence-corrected chi connectivity index (χ4v) is 4.09. The fraction of sp³-hybridized carbons (Fsp3) is 0.0500. The number of guanidine groups is 1. The van der Waals surface area contributed by atoms with Crippen molar-refractivity contribution in [3.8, 4) is 11.5 Å². The number of nitrogens with one attached hydrogen (secondary N) is 2. The number of benzene rings is 3. The Balaban J connectivity index is 1.61. The van der Waals surface area contributed by atoms with Gasteiger partial charge in [-0.2, -0.15) is 8.42 Å². The summed E-state index contributed by atoms with van der Waals surface area (Å²) in [6.07, 6.45) is 0. The molecule has 1 aliphatic rings. The molecule has 0 bridgehead atoms. The van der Waals surface area contributed by atoms with Crippen molar-refractivity contribution in [1.29, 1.82) is 0 Å². The van der Waals surface area contributed by atoms with Crippen LogP contribution in [0, 0.1) is 11.6 Å². The zero-order valence-electron chi connectivity index (χ0n) is 15.2. The van der Waals surface area contributed by atoms with Crippen LogP contribution < -0.4 is 15.4 Å². The van der Waals surface area contributed by atoms with E-state index in [1.807, 2.05) is 0 Å². The fourth-order valence-electron chi connectivity index (χ4n) is 2.80. The highest BCUT2D eigenvalue weighted by atomic mass is 35.5. The maximum absolute atomic E-state index is 13.4. The molecule has 0 unspecified atom stereocenters. The van der Waals surface area contributed by atoms with Crippen molar-refractivity contribution >= 4 is 33.3 Å². The molecule has 0 fully saturated rings. The van der Waals surface area contributed by atoms with E-state index < -0.39 is 21.7 Å². The SMILES string of the molecule is O=S1(=O)N=C(NCc2ccc(F)c(F)c2)Nc2c(Oc3ccccc3Cl)cccc21. The smallest absolute Gasteiger partial charge is 0.287 e. The van der Waals surface area contributed by atoms with Crippen LogP contribution in [0.1, 0.15) is 5.56 Å². The molecular formula is C20H14ClF2N3O3S. The molecule has 0 radical (unpaired) electrons. The third kappa shape index (κ3) is 4.07. The molecule has 0 saturated carbocycles. The molecule has 3 aromatic rings. The minimum Gasteiger partial charge on any atom is -0.454 e. The number of rotatable bonds is 4. The van der Waals surface area contributed by atoms with Crippen LogP contribution in [0.5, 0.6) is 11.5 Å². The zero-order chi connectivity index (χ0) is 21.3. The Morgan fingerprint density at radius 2 is 1.77 bits per heavy atom. The van der Waals surface area contributed by atoms with Crippen LogP contribution in [0.3, 0.4) is 0 Å². The number of hydrogen-bond acceptors (Lipinski definition) is 5. The Bertz CT molecular complexity index is 1270. The lowest BCUT2D eigenvalue weighted by Crippen LogP contribution is -2.34. The summed E-state index contributed by atoms with van der Waals surface area (Å²) in [5, 5.41) is 6.01. The first kappa shape index (κ1) is 20.1. The standard InChI is InChI=1S/C20H14ClF2N3O3S/c21-13-4-1-2-5-16(13)29-17-6-3-7-18-19(17)25-20(26-30(18,27)28)24-11-12-8-9-14(22)15(23)10-12/h1-10H,11H2,(H2,24,25,26). The van der Waals surface area contributed by atoms with E-state index in [1.54, 1.807) is 30.3 Å². The van der Waals surface area contributed by atoms with Gasteiger partial charge in [0.1, 0.15) is 16.3 Å². The second-order valence-corrected chi connectivity index (χ2v) is 8.28. The number of nitrogens with zero attached hydrogens (tertiary/aromatic N) is 1. The number of sulfonamides is 1. The first-order valence-electron chi connectivity index (χ1n) is 8.69. The molecule has 1 aliphatic heterocycles. The highest BCUT2D eigenvalue weighted by Crippen LogP contribution is 2.39. The van der Waals surface area contributed by atoms with E-state index in [1.165, 1.54) is 18.2 Å². The predicted molar refractivity (Wildman–Crippen MR) is 109 cm³/mol. The summed E-state index contributed by atoms with van der Waals surface area (Å²) in [7, 11) is -4.02. The van der Waals surface area contributed by atoms with E-state index in [4.69, 9.17) is 16.3 Å². The Hall–Kier alpha value is -3.17. The highest BCUT2D eigenvalue weighted by molar-refractivity contribution is 7.90. The Kier molecular flexibility index (Phi) is 5.31. The molecule has 0 atom stereocenters. The van der Waals surface area contributed by atoms with Crippen LogP contribution in [0.2, 0.25) is 5.02 Å². The average molecular weight is 450 g/mol. The van der Waals surface area contributed by atoms with E-state index in [0.29, 0.717) is 16.3 Å². The number of para-hydroxylation sites is 2. The largest absolute Gasteiger partial charge is 0.454 e. The highest BCUT2D eigenvalue weighted by Gasteiger charge is 2.28. The van der Waals surface area contributed by atoms with Crippen molar-refractivity contribution in [2.75, 3.05) is 5.32 Å². The van der Waals surface area contributed by atoms with Crippen LogP contribution in [0.4, 0.5) is 14.5 Å². The van der Waals surface area contributed by atoms with Crippen molar-refractivity contribution in [2.24, 2.45) is 4.40 Å². The van der Waals surface area contributed by atoms with Gasteiger partial charge in [-0.15, -0.1) is 4.40 Å². The summed E-state index contributed by atoms with van der Waals surface area (Å²) in [6.45, 7) is 0.0153. The van der Waals surface area contributed by atoms with Crippen LogP contribution in [-0.4, -0.2) is 14.4 Å². The molecule has 10 heteroatoms. The Labute approximate surface area is 176 Å². The zero-order valence-corrected chi connectivity index (χ0v) is 16.8. The van der Waals surface area contributed by atoms with Crippen LogP contribution >= 0.6 is 11.6 Å². The molecule has 0 aromatic heterocycles. The molecule has 1 heterocycles. The molecular weight excluding hydrogens is 436 g/mol. The summed E-state index contributed by atoms with van der Waals surface area (Å²) >= 11 is 6.13. The summed E-state index contributed by atoms with van der Waals surface area (Å²) < 4.78 is 61.2. The maximum Gasteiger partial charge on any atom is 0.287 e. The molecule has 154 valence electrons. The van der Waals surface area contributed by atoms with Crippen molar-refractivity contribution in [2.45, 2.75) is 11.4 Å². The Morgan fingerprint density at radius 3 is 2.53 bits per heavy atom. The van der Waals surface area contributed by atoms with Gasteiger partial charge < -0.3 is 15.4 Å². The quantitative estimate of drug-likeness (QED) is 0.605. The lowest BCUT2D eigenvalue weighted by molar-refractivity contribution is 0.483. The summed E-state index contributed by atoms with van der Waals surface area (Å²) in [6, 6.07) is 14.7. The van der Waals surface area contributed by atoms with Gasteiger partial charge in [-0.25, -0.2) is 8.78 Å². The van der Waals surface area contributed by atoms with Crippen LogP contribution in [0.25, 0.3) is 0 Å². The van der Waals surface area contributed by atoms with Crippen molar-refractivity contribution in [3.63, 3.8) is 0 Å². The third-order valence-electron chi connectivity index (χ3n) is 4.22. The molecule has 3 aromatic carbocycles. The number of anilines is 1.